The van der Waals surface area contributed by atoms with E-state index in [1.807, 2.05) is 44.7 Å². The van der Waals surface area contributed by atoms with E-state index in [0.717, 1.165) is 27.5 Å². The van der Waals surface area contributed by atoms with Gasteiger partial charge in [-0.2, -0.15) is 13.2 Å². The Balaban J connectivity index is 1.79. The Morgan fingerprint density at radius 1 is 1.04 bits per heavy atom. The summed E-state index contributed by atoms with van der Waals surface area (Å²) < 4.78 is 75.7. The zero-order valence-corrected chi connectivity index (χ0v) is 31.1. The smallest absolute Gasteiger partial charge is 0.416 e. The van der Waals surface area contributed by atoms with Crippen molar-refractivity contribution in [2.75, 3.05) is 40.5 Å². The molecule has 0 aliphatic carbocycles. The molecular formula is C39H49F4N3O6. The van der Waals surface area contributed by atoms with Gasteiger partial charge in [0.2, 0.25) is 5.91 Å². The molecule has 1 aliphatic rings. The minimum Gasteiger partial charge on any atom is -0.496 e. The molecule has 0 radical (unpaired) electrons. The zero-order valence-electron chi connectivity index (χ0n) is 31.1. The molecule has 1 saturated heterocycles. The van der Waals surface area contributed by atoms with Crippen LogP contribution in [-0.4, -0.2) is 67.9 Å². The highest BCUT2D eigenvalue weighted by Gasteiger charge is 2.37. The minimum absolute atomic E-state index is 0.00981. The molecule has 2 aromatic carbocycles. The highest BCUT2D eigenvalue weighted by molar-refractivity contribution is 5.82. The number of nitrogens with one attached hydrogen (secondary N) is 1. The molecular weight excluding hydrogens is 682 g/mol. The summed E-state index contributed by atoms with van der Waals surface area (Å²) >= 11 is 0. The van der Waals surface area contributed by atoms with Crippen molar-refractivity contribution in [3.8, 4) is 16.9 Å². The fraction of sp³-hybridized carbons (Fsp3) is 0.513. The Morgan fingerprint density at radius 3 is 2.33 bits per heavy atom. The first kappa shape index (κ1) is 40.5. The molecule has 0 spiro atoms. The van der Waals surface area contributed by atoms with Gasteiger partial charge in [0, 0.05) is 44.6 Å². The van der Waals surface area contributed by atoms with Gasteiger partial charge in [-0.25, -0.2) is 4.39 Å². The van der Waals surface area contributed by atoms with Crippen molar-refractivity contribution in [3.63, 3.8) is 0 Å². The standard InChI is InChI=1S/C39H49F4N3O6/c1-9-52-35(48)18-31(29-16-27(15-24(5)37(29)40)36-23(4)10-11-33(51-8)25(36)6)44-38(49)32(14-22(2)3)46-19-26(12-13-45-20-28(21-45)50-7)30(17-34(46)47)39(41,42)43/h10-11,15-17,19,22,28,31-32H,9,12-14,18,20-21H2,1-8H3,(H,44,49)/t31-,32?/m0/s1. The molecule has 3 aromatic rings. The Labute approximate surface area is 302 Å². The summed E-state index contributed by atoms with van der Waals surface area (Å²) in [6.07, 6.45) is -4.05. The second-order valence-corrected chi connectivity index (χ2v) is 13.8. The monoisotopic (exact) mass is 731 g/mol. The number of methoxy groups -OCH3 is 2. The highest BCUT2D eigenvalue weighted by atomic mass is 19.4. The predicted molar refractivity (Wildman–Crippen MR) is 190 cm³/mol. The average molecular weight is 732 g/mol. The van der Waals surface area contributed by atoms with Crippen molar-refractivity contribution in [2.24, 2.45) is 5.92 Å². The van der Waals surface area contributed by atoms with Crippen molar-refractivity contribution in [1.29, 1.82) is 0 Å². The van der Waals surface area contributed by atoms with E-state index in [1.165, 1.54) is 0 Å². The SMILES string of the molecule is CCOC(=O)C[C@H](NC(=O)C(CC(C)C)n1cc(CCN2CC(OC)C2)c(C(F)(F)F)cc1=O)c1cc(-c2c(C)ccc(OC)c2C)cc(C)c1F. The van der Waals surface area contributed by atoms with Gasteiger partial charge in [0.15, 0.2) is 0 Å². The normalized spacial score (nSPS) is 14.9. The average Bonchev–Trinajstić information content (AvgIpc) is 3.04. The fourth-order valence-corrected chi connectivity index (χ4v) is 6.81. The third-order valence-corrected chi connectivity index (χ3v) is 9.54. The summed E-state index contributed by atoms with van der Waals surface area (Å²) in [5, 5.41) is 2.79. The summed E-state index contributed by atoms with van der Waals surface area (Å²) in [5.74, 6) is -1.64. The van der Waals surface area contributed by atoms with Crippen molar-refractivity contribution in [1.82, 2.24) is 14.8 Å². The van der Waals surface area contributed by atoms with Gasteiger partial charge in [0.1, 0.15) is 17.6 Å². The number of amides is 1. The molecule has 0 saturated carbocycles. The molecule has 1 N–H and O–H groups in total. The number of aromatic nitrogens is 1. The van der Waals surface area contributed by atoms with E-state index in [4.69, 9.17) is 14.2 Å². The number of aryl methyl sites for hydroxylation is 2. The van der Waals surface area contributed by atoms with E-state index in [2.05, 4.69) is 5.32 Å². The first-order valence-electron chi connectivity index (χ1n) is 17.5. The van der Waals surface area contributed by atoms with Gasteiger partial charge in [-0.15, -0.1) is 0 Å². The second kappa shape index (κ2) is 17.1. The molecule has 4 rings (SSSR count). The number of rotatable bonds is 15. The first-order valence-corrected chi connectivity index (χ1v) is 17.5. The predicted octanol–water partition coefficient (Wildman–Crippen LogP) is 6.88. The number of carbonyl (C=O) groups is 2. The number of pyridine rings is 1. The van der Waals surface area contributed by atoms with Gasteiger partial charge in [-0.05, 0) is 98.0 Å². The molecule has 1 amide bonds. The van der Waals surface area contributed by atoms with Crippen molar-refractivity contribution in [3.05, 3.63) is 86.1 Å². The Kier molecular flexibility index (Phi) is 13.3. The molecule has 1 aliphatic heterocycles. The van der Waals surface area contributed by atoms with Crippen molar-refractivity contribution >= 4 is 11.9 Å². The number of likely N-dealkylation sites (tertiary alicyclic amines) is 1. The molecule has 13 heteroatoms. The van der Waals surface area contributed by atoms with Crippen molar-refractivity contribution in [2.45, 2.75) is 85.2 Å². The molecule has 1 unspecified atom stereocenters. The maximum absolute atomic E-state index is 16.1. The third kappa shape index (κ3) is 9.40. The van der Waals surface area contributed by atoms with Gasteiger partial charge >= 0.3 is 12.1 Å². The molecule has 1 aromatic heterocycles. The van der Waals surface area contributed by atoms with Crippen LogP contribution in [0.1, 0.15) is 79.1 Å². The highest BCUT2D eigenvalue weighted by Crippen LogP contribution is 2.37. The van der Waals surface area contributed by atoms with E-state index >= 15 is 4.39 Å². The lowest BCUT2D eigenvalue weighted by Gasteiger charge is -2.38. The van der Waals surface area contributed by atoms with Crippen LogP contribution in [-0.2, 0) is 31.7 Å². The molecule has 52 heavy (non-hydrogen) atoms. The molecule has 2 heterocycles. The van der Waals surface area contributed by atoms with Crippen LogP contribution in [0.25, 0.3) is 11.1 Å². The van der Waals surface area contributed by atoms with E-state index < -0.39 is 53.5 Å². The summed E-state index contributed by atoms with van der Waals surface area (Å²) in [6, 6.07) is 4.99. The number of carbonyl (C=O) groups excluding carboxylic acids is 2. The lowest BCUT2D eigenvalue weighted by Crippen LogP contribution is -2.52. The molecule has 0 bridgehead atoms. The topological polar surface area (TPSA) is 99.1 Å². The summed E-state index contributed by atoms with van der Waals surface area (Å²) in [7, 11) is 3.13. The van der Waals surface area contributed by atoms with Gasteiger partial charge in [-0.1, -0.05) is 19.9 Å². The zero-order chi connectivity index (χ0) is 38.5. The van der Waals surface area contributed by atoms with E-state index in [9.17, 15) is 27.6 Å². The van der Waals surface area contributed by atoms with Crippen LogP contribution in [0, 0.1) is 32.5 Å². The van der Waals surface area contributed by atoms with Crippen LogP contribution in [0.2, 0.25) is 0 Å². The molecule has 284 valence electrons. The number of hydrogen-bond acceptors (Lipinski definition) is 7. The van der Waals surface area contributed by atoms with Crippen LogP contribution in [0.3, 0.4) is 0 Å². The minimum atomic E-state index is -4.79. The van der Waals surface area contributed by atoms with Crippen LogP contribution in [0.15, 0.2) is 41.3 Å². The number of alkyl halides is 3. The summed E-state index contributed by atoms with van der Waals surface area (Å²) in [6.45, 7) is 12.1. The first-order chi connectivity index (χ1) is 24.5. The quantitative estimate of drug-likeness (QED) is 0.135. The number of hydrogen-bond donors (Lipinski definition) is 1. The van der Waals surface area contributed by atoms with Crippen LogP contribution in [0.4, 0.5) is 17.6 Å². The number of benzene rings is 2. The van der Waals surface area contributed by atoms with E-state index in [0.29, 0.717) is 37.0 Å². The van der Waals surface area contributed by atoms with Crippen molar-refractivity contribution < 1.29 is 41.4 Å². The number of esters is 1. The maximum Gasteiger partial charge on any atom is 0.416 e. The Hall–Kier alpha value is -4.23. The number of ether oxygens (including phenoxy) is 3. The second-order valence-electron chi connectivity index (χ2n) is 13.8. The van der Waals surface area contributed by atoms with E-state index in [1.54, 1.807) is 40.2 Å². The maximum atomic E-state index is 16.1. The molecule has 1 fully saturated rings. The van der Waals surface area contributed by atoms with Gasteiger partial charge in [0.25, 0.3) is 5.56 Å². The summed E-state index contributed by atoms with van der Waals surface area (Å²) in [5.41, 5.74) is 1.22. The number of halogens is 4. The third-order valence-electron chi connectivity index (χ3n) is 9.54. The van der Waals surface area contributed by atoms with E-state index in [-0.39, 0.29) is 48.2 Å². The lowest BCUT2D eigenvalue weighted by molar-refractivity contribution is -0.144. The largest absolute Gasteiger partial charge is 0.496 e. The fourth-order valence-electron chi connectivity index (χ4n) is 6.81. The number of nitrogens with zero attached hydrogens (tertiary/aromatic N) is 2. The Bertz CT molecular complexity index is 1820. The van der Waals surface area contributed by atoms with Crippen LogP contribution < -0.4 is 15.6 Å². The van der Waals surface area contributed by atoms with Gasteiger partial charge < -0.3 is 24.1 Å². The van der Waals surface area contributed by atoms with Crippen LogP contribution in [0.5, 0.6) is 5.75 Å². The Morgan fingerprint density at radius 2 is 1.73 bits per heavy atom. The van der Waals surface area contributed by atoms with Gasteiger partial charge in [-0.3, -0.25) is 19.3 Å². The lowest BCUT2D eigenvalue weighted by atomic mass is 9.90. The summed E-state index contributed by atoms with van der Waals surface area (Å²) in [4.78, 5) is 42.5. The molecule has 9 nitrogen and oxygen atoms in total. The molecule has 2 atom stereocenters. The van der Waals surface area contributed by atoms with Crippen LogP contribution >= 0.6 is 0 Å². The van der Waals surface area contributed by atoms with Gasteiger partial charge in [0.05, 0.1) is 37.8 Å².